The molecular weight excluding hydrogens is 460 g/mol. The molecule has 0 bridgehead atoms. The number of nitrogens with zero attached hydrogens (tertiary/aromatic N) is 2. The lowest BCUT2D eigenvalue weighted by Gasteiger charge is -2.22. The summed E-state index contributed by atoms with van der Waals surface area (Å²) in [5.41, 5.74) is 10.7. The van der Waals surface area contributed by atoms with Crippen molar-refractivity contribution in [1.29, 1.82) is 5.41 Å². The molecule has 2 aromatic rings. The number of sulfonamides is 1. The topological polar surface area (TPSA) is 182 Å². The summed E-state index contributed by atoms with van der Waals surface area (Å²) in [4.78, 5) is 27.8. The molecule has 1 heterocycles. The molecule has 0 aliphatic carbocycles. The highest BCUT2D eigenvalue weighted by Gasteiger charge is 2.24. The van der Waals surface area contributed by atoms with Gasteiger partial charge in [-0.05, 0) is 39.3 Å². The van der Waals surface area contributed by atoms with Crippen LogP contribution in [-0.4, -0.2) is 42.9 Å². The molecule has 0 spiro atoms. The molecule has 1 aromatic carbocycles. The summed E-state index contributed by atoms with van der Waals surface area (Å²) in [6.45, 7) is 5.05. The van der Waals surface area contributed by atoms with Gasteiger partial charge in [0.2, 0.25) is 11.9 Å². The molecular formula is C19H25ClN6O5S. The van der Waals surface area contributed by atoms with Crippen LogP contribution in [-0.2, 0) is 24.3 Å². The molecule has 0 fully saturated rings. The van der Waals surface area contributed by atoms with E-state index in [4.69, 9.17) is 33.4 Å². The van der Waals surface area contributed by atoms with Crippen LogP contribution in [0.5, 0.6) is 0 Å². The van der Waals surface area contributed by atoms with Gasteiger partial charge in [0.15, 0.2) is 0 Å². The van der Waals surface area contributed by atoms with Crippen molar-refractivity contribution in [2.45, 2.75) is 50.2 Å². The third kappa shape index (κ3) is 6.52. The van der Waals surface area contributed by atoms with Crippen LogP contribution in [0.2, 0.25) is 0 Å². The minimum atomic E-state index is -4.20. The van der Waals surface area contributed by atoms with Crippen molar-refractivity contribution in [2.24, 2.45) is 11.5 Å². The molecule has 1 amide bonds. The molecule has 174 valence electrons. The number of carbonyl (C=O) groups is 2. The maximum Gasteiger partial charge on any atom is 0.323 e. The van der Waals surface area contributed by atoms with Crippen LogP contribution in [0.25, 0.3) is 10.8 Å². The van der Waals surface area contributed by atoms with E-state index in [9.17, 15) is 18.0 Å². The van der Waals surface area contributed by atoms with Gasteiger partial charge in [-0.1, -0.05) is 6.07 Å². The Morgan fingerprint density at radius 3 is 2.56 bits per heavy atom. The fourth-order valence-electron chi connectivity index (χ4n) is 2.63. The lowest BCUT2D eigenvalue weighted by Crippen LogP contribution is -2.39. The standard InChI is InChI=1S/C19H25ClN6O5S/c1-19(2,3)31-17(28)14(21)6-7-16(27)25-32(29,30)12-4-5-13-11(8-12)9-24-10-15(13)26(20)18(22)23/h4-5,8-10,14H,6-7,21H2,1-3H3,(H3,22,23)(H,25,27)/t14-/m0/s1. The number of anilines is 1. The second-order valence-electron chi connectivity index (χ2n) is 7.91. The minimum absolute atomic E-state index is 0.0854. The number of fused-ring (bicyclic) bond motifs is 1. The number of halogens is 1. The predicted molar refractivity (Wildman–Crippen MR) is 120 cm³/mol. The number of aromatic nitrogens is 1. The van der Waals surface area contributed by atoms with Gasteiger partial charge in [0.1, 0.15) is 11.6 Å². The monoisotopic (exact) mass is 484 g/mol. The zero-order valence-electron chi connectivity index (χ0n) is 17.8. The molecule has 0 radical (unpaired) electrons. The smallest absolute Gasteiger partial charge is 0.323 e. The number of ether oxygens (including phenoxy) is 1. The Hall–Kier alpha value is -2.96. The molecule has 0 saturated carbocycles. The number of hydrogen-bond donors (Lipinski definition) is 4. The second-order valence-corrected chi connectivity index (χ2v) is 9.94. The van der Waals surface area contributed by atoms with Crippen LogP contribution >= 0.6 is 11.8 Å². The first-order valence-electron chi connectivity index (χ1n) is 9.43. The van der Waals surface area contributed by atoms with E-state index in [1.807, 2.05) is 4.72 Å². The number of amides is 1. The Bertz CT molecular complexity index is 1150. The average Bonchev–Trinajstić information content (AvgIpc) is 2.68. The highest BCUT2D eigenvalue weighted by Crippen LogP contribution is 2.28. The zero-order chi connectivity index (χ0) is 24.3. The summed E-state index contributed by atoms with van der Waals surface area (Å²) in [6.07, 6.45) is 2.40. The summed E-state index contributed by atoms with van der Waals surface area (Å²) >= 11 is 5.96. The van der Waals surface area contributed by atoms with Crippen molar-refractivity contribution >= 4 is 56.1 Å². The molecule has 13 heteroatoms. The van der Waals surface area contributed by atoms with E-state index in [1.165, 1.54) is 30.6 Å². The van der Waals surface area contributed by atoms with Crippen molar-refractivity contribution in [3.05, 3.63) is 30.6 Å². The molecule has 1 atom stereocenters. The Morgan fingerprint density at radius 1 is 1.31 bits per heavy atom. The number of benzene rings is 1. The second kappa shape index (κ2) is 9.67. The molecule has 2 rings (SSSR count). The van der Waals surface area contributed by atoms with Gasteiger partial charge >= 0.3 is 5.97 Å². The van der Waals surface area contributed by atoms with Gasteiger partial charge in [0.25, 0.3) is 10.0 Å². The highest BCUT2D eigenvalue weighted by molar-refractivity contribution is 7.90. The quantitative estimate of drug-likeness (QED) is 0.195. The summed E-state index contributed by atoms with van der Waals surface area (Å²) in [5, 5.41) is 8.33. The number of nitrogens with one attached hydrogen (secondary N) is 2. The molecule has 1 aromatic heterocycles. The van der Waals surface area contributed by atoms with Crippen molar-refractivity contribution in [2.75, 3.05) is 4.42 Å². The van der Waals surface area contributed by atoms with Gasteiger partial charge in [-0.2, -0.15) is 0 Å². The van der Waals surface area contributed by atoms with Gasteiger partial charge in [0.05, 0.1) is 16.8 Å². The summed E-state index contributed by atoms with van der Waals surface area (Å²) in [5.74, 6) is -1.93. The van der Waals surface area contributed by atoms with Crippen molar-refractivity contribution in [3.63, 3.8) is 0 Å². The Morgan fingerprint density at radius 2 is 1.97 bits per heavy atom. The van der Waals surface area contributed by atoms with Crippen molar-refractivity contribution < 1.29 is 22.7 Å². The van der Waals surface area contributed by atoms with E-state index < -0.39 is 39.5 Å². The van der Waals surface area contributed by atoms with Gasteiger partial charge in [0, 0.05) is 35.2 Å². The molecule has 32 heavy (non-hydrogen) atoms. The summed E-state index contributed by atoms with van der Waals surface area (Å²) < 4.78 is 33.2. The summed E-state index contributed by atoms with van der Waals surface area (Å²) in [7, 11) is -4.20. The normalized spacial score (nSPS) is 12.8. The number of carbonyl (C=O) groups excluding carboxylic acids is 2. The van der Waals surface area contributed by atoms with Crippen LogP contribution in [0.1, 0.15) is 33.6 Å². The lowest BCUT2D eigenvalue weighted by molar-refractivity contribution is -0.156. The van der Waals surface area contributed by atoms with Gasteiger partial charge < -0.3 is 16.2 Å². The first kappa shape index (κ1) is 25.3. The number of nitrogens with two attached hydrogens (primary N) is 2. The van der Waals surface area contributed by atoms with E-state index in [1.54, 1.807) is 20.8 Å². The van der Waals surface area contributed by atoms with Crippen molar-refractivity contribution in [1.82, 2.24) is 9.71 Å². The minimum Gasteiger partial charge on any atom is -0.459 e. The molecule has 6 N–H and O–H groups in total. The van der Waals surface area contributed by atoms with Crippen LogP contribution in [0.3, 0.4) is 0 Å². The number of rotatable bonds is 7. The van der Waals surface area contributed by atoms with Crippen LogP contribution in [0, 0.1) is 5.41 Å². The molecule has 0 saturated heterocycles. The summed E-state index contributed by atoms with van der Waals surface area (Å²) in [6, 6.07) is 2.98. The lowest BCUT2D eigenvalue weighted by atomic mass is 10.1. The van der Waals surface area contributed by atoms with Crippen LogP contribution in [0.4, 0.5) is 5.69 Å². The van der Waals surface area contributed by atoms with Crippen LogP contribution < -0.4 is 20.6 Å². The van der Waals surface area contributed by atoms with Gasteiger partial charge in [-0.25, -0.2) is 17.6 Å². The maximum absolute atomic E-state index is 12.6. The maximum atomic E-state index is 12.6. The fourth-order valence-corrected chi connectivity index (χ4v) is 3.82. The van der Waals surface area contributed by atoms with Gasteiger partial charge in [-0.3, -0.25) is 20.0 Å². The van der Waals surface area contributed by atoms with Crippen molar-refractivity contribution in [3.8, 4) is 0 Å². The average molecular weight is 485 g/mol. The molecule has 11 nitrogen and oxygen atoms in total. The molecule has 0 aliphatic rings. The SMILES string of the molecule is CC(C)(C)OC(=O)[C@@H](N)CCC(=O)NS(=O)(=O)c1ccc2c(N(Cl)C(=N)N)cncc2c1. The first-order chi connectivity index (χ1) is 14.7. The predicted octanol–water partition coefficient (Wildman–Crippen LogP) is 1.34. The largest absolute Gasteiger partial charge is 0.459 e. The number of pyridine rings is 1. The Balaban J connectivity index is 2.12. The first-order valence-corrected chi connectivity index (χ1v) is 11.2. The third-order valence-corrected chi connectivity index (χ3v) is 5.82. The number of hydrogen-bond acceptors (Lipinski definition) is 8. The number of esters is 1. The highest BCUT2D eigenvalue weighted by atomic mass is 35.5. The third-order valence-electron chi connectivity index (χ3n) is 4.08. The van der Waals surface area contributed by atoms with E-state index in [0.717, 1.165) is 4.42 Å². The fraction of sp³-hybridized carbons (Fsp3) is 0.368. The van der Waals surface area contributed by atoms with E-state index in [-0.39, 0.29) is 17.7 Å². The zero-order valence-corrected chi connectivity index (χ0v) is 19.3. The van der Waals surface area contributed by atoms with E-state index in [0.29, 0.717) is 16.5 Å². The van der Waals surface area contributed by atoms with Crippen LogP contribution in [0.15, 0.2) is 35.5 Å². The Labute approximate surface area is 190 Å². The molecule has 0 aliphatic heterocycles. The number of guanidine groups is 1. The van der Waals surface area contributed by atoms with E-state index >= 15 is 0 Å². The van der Waals surface area contributed by atoms with Gasteiger partial charge in [-0.15, -0.1) is 0 Å². The van der Waals surface area contributed by atoms with E-state index in [2.05, 4.69) is 4.98 Å². The molecule has 0 unspecified atom stereocenters. The Kier molecular flexibility index (Phi) is 7.65.